The van der Waals surface area contributed by atoms with Gasteiger partial charge in [-0.2, -0.15) is 0 Å². The number of hydrogen-bond donors (Lipinski definition) is 0. The van der Waals surface area contributed by atoms with E-state index in [1.54, 1.807) is 19.2 Å². The summed E-state index contributed by atoms with van der Waals surface area (Å²) in [4.78, 5) is 25.7. The summed E-state index contributed by atoms with van der Waals surface area (Å²) in [7, 11) is 1.64. The first-order valence-electron chi connectivity index (χ1n) is 8.08. The molecule has 5 nitrogen and oxygen atoms in total. The van der Waals surface area contributed by atoms with Crippen LogP contribution >= 0.6 is 23.4 Å². The Balaban J connectivity index is 2.08. The fourth-order valence-electron chi connectivity index (χ4n) is 2.68. The Morgan fingerprint density at radius 1 is 1.19 bits per heavy atom. The molecular weight excluding hydrogens is 374 g/mol. The van der Waals surface area contributed by atoms with Gasteiger partial charge in [-0.05, 0) is 44.4 Å². The van der Waals surface area contributed by atoms with Crippen LogP contribution in [0.4, 0.5) is 0 Å². The van der Waals surface area contributed by atoms with E-state index in [0.29, 0.717) is 23.7 Å². The molecule has 0 amide bonds. The third kappa shape index (κ3) is 4.69. The number of ketones is 1. The molecule has 0 saturated heterocycles. The highest BCUT2D eigenvalue weighted by molar-refractivity contribution is 7.98. The zero-order valence-corrected chi connectivity index (χ0v) is 16.9. The quantitative estimate of drug-likeness (QED) is 0.381. The van der Waals surface area contributed by atoms with Crippen LogP contribution < -0.4 is 0 Å². The summed E-state index contributed by atoms with van der Waals surface area (Å²) in [5.74, 6) is -0.847. The number of thioether (sulfide) groups is 1. The molecule has 0 fully saturated rings. The van der Waals surface area contributed by atoms with Gasteiger partial charge in [0.05, 0.1) is 17.2 Å². The summed E-state index contributed by atoms with van der Waals surface area (Å²) < 4.78 is 12.3. The van der Waals surface area contributed by atoms with Gasteiger partial charge in [-0.25, -0.2) is 4.79 Å². The van der Waals surface area contributed by atoms with E-state index in [0.717, 1.165) is 16.3 Å². The van der Waals surface area contributed by atoms with E-state index in [9.17, 15) is 9.59 Å². The van der Waals surface area contributed by atoms with E-state index in [4.69, 9.17) is 21.1 Å². The number of methoxy groups -OCH3 is 1. The van der Waals surface area contributed by atoms with Crippen molar-refractivity contribution in [3.63, 3.8) is 0 Å². The van der Waals surface area contributed by atoms with Crippen LogP contribution in [0, 0.1) is 13.8 Å². The van der Waals surface area contributed by atoms with Gasteiger partial charge in [-0.1, -0.05) is 11.6 Å². The Morgan fingerprint density at radius 3 is 2.58 bits per heavy atom. The number of Topliss-reactive ketones (excluding diaryl/α,β-unsaturated/α-hetero) is 1. The number of hydrogen-bond acceptors (Lipinski definition) is 5. The normalized spacial score (nSPS) is 10.8. The summed E-state index contributed by atoms with van der Waals surface area (Å²) in [5, 5.41) is 0.304. The van der Waals surface area contributed by atoms with Crippen LogP contribution in [-0.4, -0.2) is 42.9 Å². The zero-order valence-electron chi connectivity index (χ0n) is 15.3. The van der Waals surface area contributed by atoms with Crippen LogP contribution in [-0.2, 0) is 16.0 Å². The second-order valence-corrected chi connectivity index (χ2v) is 7.06. The largest absolute Gasteiger partial charge is 0.454 e. The fraction of sp³-hybridized carbons (Fsp3) is 0.368. The van der Waals surface area contributed by atoms with Gasteiger partial charge in [-0.3, -0.25) is 4.79 Å². The Labute approximate surface area is 162 Å². The molecule has 0 aliphatic heterocycles. The number of aromatic nitrogens is 1. The Morgan fingerprint density at radius 2 is 1.92 bits per heavy atom. The van der Waals surface area contributed by atoms with Crippen LogP contribution in [0.15, 0.2) is 29.2 Å². The maximum Gasteiger partial charge on any atom is 0.340 e. The minimum absolute atomic E-state index is 0.243. The van der Waals surface area contributed by atoms with Gasteiger partial charge in [0.1, 0.15) is 0 Å². The van der Waals surface area contributed by atoms with Crippen LogP contribution in [0.5, 0.6) is 0 Å². The summed E-state index contributed by atoms with van der Waals surface area (Å²) in [6.45, 7) is 4.70. The number of carbonyl (C=O) groups excluding carboxylic acids is 2. The second-order valence-electron chi connectivity index (χ2n) is 5.77. The van der Waals surface area contributed by atoms with Crippen molar-refractivity contribution in [2.75, 3.05) is 26.6 Å². The number of aryl methyl sites for hydroxylation is 1. The SMILES string of the molecule is COCCn1c(C)cc(C(=O)COC(=O)c2cc(SC)ccc2Cl)c1C. The minimum Gasteiger partial charge on any atom is -0.454 e. The molecule has 1 aromatic heterocycles. The number of esters is 1. The fourth-order valence-corrected chi connectivity index (χ4v) is 3.32. The first kappa shape index (κ1) is 20.6. The van der Waals surface area contributed by atoms with Crippen molar-refractivity contribution in [1.82, 2.24) is 4.57 Å². The molecule has 1 heterocycles. The molecule has 2 aromatic rings. The van der Waals surface area contributed by atoms with Gasteiger partial charge in [0.15, 0.2) is 6.61 Å². The lowest BCUT2D eigenvalue weighted by molar-refractivity contribution is 0.0474. The monoisotopic (exact) mass is 395 g/mol. The number of benzene rings is 1. The lowest BCUT2D eigenvalue weighted by atomic mass is 10.1. The number of rotatable bonds is 8. The van der Waals surface area contributed by atoms with Gasteiger partial charge in [0, 0.05) is 35.5 Å². The highest BCUT2D eigenvalue weighted by atomic mass is 35.5. The summed E-state index contributed by atoms with van der Waals surface area (Å²) in [6, 6.07) is 6.94. The third-order valence-electron chi connectivity index (χ3n) is 4.12. The van der Waals surface area contributed by atoms with Crippen molar-refractivity contribution >= 4 is 35.1 Å². The summed E-state index contributed by atoms with van der Waals surface area (Å²) in [6.07, 6.45) is 1.90. The van der Waals surface area contributed by atoms with E-state index in [1.165, 1.54) is 11.8 Å². The molecule has 0 saturated carbocycles. The van der Waals surface area contributed by atoms with Gasteiger partial charge in [0.2, 0.25) is 5.78 Å². The number of nitrogens with zero attached hydrogens (tertiary/aromatic N) is 1. The van der Waals surface area contributed by atoms with Gasteiger partial charge in [0.25, 0.3) is 0 Å². The van der Waals surface area contributed by atoms with Gasteiger partial charge in [-0.15, -0.1) is 11.8 Å². The molecule has 7 heteroatoms. The smallest absolute Gasteiger partial charge is 0.340 e. The molecule has 2 rings (SSSR count). The maximum absolute atomic E-state index is 12.5. The molecule has 0 unspecified atom stereocenters. The van der Waals surface area contributed by atoms with Crippen molar-refractivity contribution < 1.29 is 19.1 Å². The molecule has 0 spiro atoms. The summed E-state index contributed by atoms with van der Waals surface area (Å²) >= 11 is 7.56. The Hall–Kier alpha value is -1.76. The predicted molar refractivity (Wildman–Crippen MR) is 104 cm³/mol. The van der Waals surface area contributed by atoms with E-state index in [1.807, 2.05) is 36.8 Å². The molecule has 26 heavy (non-hydrogen) atoms. The van der Waals surface area contributed by atoms with Crippen molar-refractivity contribution in [1.29, 1.82) is 0 Å². The van der Waals surface area contributed by atoms with Crippen LogP contribution in [0.3, 0.4) is 0 Å². The van der Waals surface area contributed by atoms with Crippen LogP contribution in [0.25, 0.3) is 0 Å². The van der Waals surface area contributed by atoms with E-state index in [-0.39, 0.29) is 18.0 Å². The topological polar surface area (TPSA) is 57.5 Å². The highest BCUT2D eigenvalue weighted by Crippen LogP contribution is 2.24. The third-order valence-corrected chi connectivity index (χ3v) is 5.18. The van der Waals surface area contributed by atoms with Crippen molar-refractivity contribution in [2.45, 2.75) is 25.3 Å². The molecule has 0 N–H and O–H groups in total. The lowest BCUT2D eigenvalue weighted by Gasteiger charge is -2.09. The number of ether oxygens (including phenoxy) is 2. The van der Waals surface area contributed by atoms with Crippen molar-refractivity contribution in [3.8, 4) is 0 Å². The maximum atomic E-state index is 12.5. The van der Waals surface area contributed by atoms with Gasteiger partial charge < -0.3 is 14.0 Å². The highest BCUT2D eigenvalue weighted by Gasteiger charge is 2.19. The molecule has 0 radical (unpaired) electrons. The molecule has 0 bridgehead atoms. The molecule has 1 aromatic carbocycles. The van der Waals surface area contributed by atoms with E-state index >= 15 is 0 Å². The first-order valence-corrected chi connectivity index (χ1v) is 9.68. The van der Waals surface area contributed by atoms with Gasteiger partial charge >= 0.3 is 5.97 Å². The standard InChI is InChI=1S/C19H22ClNO4S/c1-12-9-15(13(2)21(12)7-8-24-3)18(22)11-25-19(23)16-10-14(26-4)5-6-17(16)20/h5-6,9-10H,7-8,11H2,1-4H3. The van der Waals surface area contributed by atoms with Crippen LogP contribution in [0.2, 0.25) is 5.02 Å². The van der Waals surface area contributed by atoms with Crippen molar-refractivity contribution in [3.05, 3.63) is 51.8 Å². The molecule has 0 atom stereocenters. The second kappa shape index (κ2) is 9.26. The molecular formula is C19H22ClNO4S. The average Bonchev–Trinajstić information content (AvgIpc) is 2.92. The molecule has 0 aliphatic carbocycles. The van der Waals surface area contributed by atoms with Crippen molar-refractivity contribution in [2.24, 2.45) is 0 Å². The molecule has 0 aliphatic rings. The lowest BCUT2D eigenvalue weighted by Crippen LogP contribution is -2.16. The van der Waals surface area contributed by atoms with Crippen LogP contribution in [0.1, 0.15) is 32.1 Å². The predicted octanol–water partition coefficient (Wildman–Crippen LogP) is 4.17. The average molecular weight is 396 g/mol. The Kier molecular flexibility index (Phi) is 7.32. The number of carbonyl (C=O) groups is 2. The minimum atomic E-state index is -0.604. The number of halogens is 1. The van der Waals surface area contributed by atoms with E-state index < -0.39 is 5.97 Å². The Bertz CT molecular complexity index is 816. The zero-order chi connectivity index (χ0) is 19.3. The first-order chi connectivity index (χ1) is 12.4. The molecule has 140 valence electrons. The summed E-state index contributed by atoms with van der Waals surface area (Å²) in [5.41, 5.74) is 2.61. The van der Waals surface area contributed by atoms with E-state index in [2.05, 4.69) is 0 Å².